The molecule has 0 radical (unpaired) electrons. The number of aromatic amines is 1. The van der Waals surface area contributed by atoms with Crippen molar-refractivity contribution in [2.75, 3.05) is 4.90 Å². The van der Waals surface area contributed by atoms with Gasteiger partial charge in [0.05, 0.1) is 6.04 Å². The number of aryl methyl sites for hydroxylation is 2. The highest BCUT2D eigenvalue weighted by atomic mass is 35.5. The van der Waals surface area contributed by atoms with Crippen LogP contribution in [0.25, 0.3) is 0 Å². The topological polar surface area (TPSA) is 49.0 Å². The molecular weight excluding hydrogens is 322 g/mol. The third kappa shape index (κ3) is 2.14. The molecule has 1 atom stereocenters. The maximum Gasteiger partial charge on any atom is 0.280 e. The number of anilines is 1. The Kier molecular flexibility index (Phi) is 3.43. The number of nitrogens with one attached hydrogen (secondary N) is 1. The molecule has 1 aliphatic rings. The predicted octanol–water partition coefficient (Wildman–Crippen LogP) is 4.43. The Balaban J connectivity index is 1.94. The van der Waals surface area contributed by atoms with Gasteiger partial charge in [-0.1, -0.05) is 47.5 Å². The number of amides is 1. The molecule has 2 aromatic carbocycles. The van der Waals surface area contributed by atoms with Crippen LogP contribution in [0.5, 0.6) is 0 Å². The van der Waals surface area contributed by atoms with Crippen LogP contribution in [0.2, 0.25) is 5.02 Å². The van der Waals surface area contributed by atoms with Crippen molar-refractivity contribution >= 4 is 23.2 Å². The zero-order valence-corrected chi connectivity index (χ0v) is 14.1. The van der Waals surface area contributed by atoms with Gasteiger partial charge in [-0.2, -0.15) is 5.10 Å². The summed E-state index contributed by atoms with van der Waals surface area (Å²) in [6.07, 6.45) is 0. The van der Waals surface area contributed by atoms with Crippen molar-refractivity contribution in [3.8, 4) is 0 Å². The molecule has 3 aromatic rings. The van der Waals surface area contributed by atoms with E-state index >= 15 is 0 Å². The molecule has 24 heavy (non-hydrogen) atoms. The zero-order chi connectivity index (χ0) is 16.8. The number of carbonyl (C=O) groups is 1. The number of carbonyl (C=O) groups excluding carboxylic acids is 1. The first-order chi connectivity index (χ1) is 11.6. The molecule has 1 aromatic heterocycles. The van der Waals surface area contributed by atoms with E-state index in [1.165, 1.54) is 0 Å². The van der Waals surface area contributed by atoms with Crippen molar-refractivity contribution in [2.45, 2.75) is 19.9 Å². The lowest BCUT2D eigenvalue weighted by atomic mass is 9.99. The number of hydrogen-bond acceptors (Lipinski definition) is 2. The minimum atomic E-state index is -0.275. The summed E-state index contributed by atoms with van der Waals surface area (Å²) in [6, 6.07) is 15.3. The molecule has 120 valence electrons. The second-order valence-electron chi connectivity index (χ2n) is 6.05. The number of rotatable bonds is 2. The van der Waals surface area contributed by atoms with Crippen molar-refractivity contribution in [3.63, 3.8) is 0 Å². The molecule has 1 amide bonds. The summed E-state index contributed by atoms with van der Waals surface area (Å²) < 4.78 is 0. The quantitative estimate of drug-likeness (QED) is 0.752. The molecule has 4 rings (SSSR count). The maximum absolute atomic E-state index is 13.0. The van der Waals surface area contributed by atoms with Crippen molar-refractivity contribution < 1.29 is 4.79 Å². The zero-order valence-electron chi connectivity index (χ0n) is 13.4. The lowest BCUT2D eigenvalue weighted by molar-refractivity contribution is 0.0989. The number of benzene rings is 2. The highest BCUT2D eigenvalue weighted by Crippen LogP contribution is 2.44. The first kappa shape index (κ1) is 15.0. The highest BCUT2D eigenvalue weighted by Gasteiger charge is 2.42. The smallest absolute Gasteiger partial charge is 0.280 e. The Morgan fingerprint density at radius 1 is 1.08 bits per heavy atom. The fourth-order valence-electron chi connectivity index (χ4n) is 3.26. The van der Waals surface area contributed by atoms with Crippen molar-refractivity contribution in [2.24, 2.45) is 0 Å². The van der Waals surface area contributed by atoms with E-state index in [0.29, 0.717) is 10.7 Å². The number of H-pyrrole nitrogens is 1. The largest absolute Gasteiger partial charge is 0.295 e. The van der Waals surface area contributed by atoms with Crippen LogP contribution in [0.1, 0.15) is 38.9 Å². The molecule has 0 spiro atoms. The molecular formula is C19H16ClN3O. The van der Waals surface area contributed by atoms with E-state index in [4.69, 9.17) is 11.6 Å². The van der Waals surface area contributed by atoms with Crippen LogP contribution in [0.3, 0.4) is 0 Å². The molecule has 2 heterocycles. The van der Waals surface area contributed by atoms with Crippen LogP contribution in [0.15, 0.2) is 48.5 Å². The first-order valence-electron chi connectivity index (χ1n) is 7.77. The average molecular weight is 338 g/mol. The summed E-state index contributed by atoms with van der Waals surface area (Å²) in [5, 5.41) is 7.79. The Bertz CT molecular complexity index is 930. The van der Waals surface area contributed by atoms with Gasteiger partial charge < -0.3 is 0 Å². The van der Waals surface area contributed by atoms with Gasteiger partial charge in [-0.3, -0.25) is 14.8 Å². The Morgan fingerprint density at radius 2 is 1.79 bits per heavy atom. The Labute approximate surface area is 145 Å². The normalized spacial score (nSPS) is 16.5. The fourth-order valence-corrected chi connectivity index (χ4v) is 3.50. The molecule has 4 nitrogen and oxygen atoms in total. The van der Waals surface area contributed by atoms with Crippen LogP contribution in [0, 0.1) is 13.8 Å². The monoisotopic (exact) mass is 337 g/mol. The second-order valence-corrected chi connectivity index (χ2v) is 6.45. The van der Waals surface area contributed by atoms with E-state index in [2.05, 4.69) is 10.2 Å². The lowest BCUT2D eigenvalue weighted by Gasteiger charge is -2.27. The van der Waals surface area contributed by atoms with Gasteiger partial charge in [0.15, 0.2) is 5.69 Å². The number of hydrogen-bond donors (Lipinski definition) is 1. The van der Waals surface area contributed by atoms with Crippen molar-refractivity contribution in [3.05, 3.63) is 81.6 Å². The van der Waals surface area contributed by atoms with Gasteiger partial charge >= 0.3 is 0 Å². The maximum atomic E-state index is 13.0. The van der Waals surface area contributed by atoms with Crippen molar-refractivity contribution in [1.82, 2.24) is 10.2 Å². The van der Waals surface area contributed by atoms with Crippen LogP contribution >= 0.6 is 11.6 Å². The fraction of sp³-hybridized carbons (Fsp3) is 0.158. The van der Waals surface area contributed by atoms with Gasteiger partial charge in [0.25, 0.3) is 5.91 Å². The van der Waals surface area contributed by atoms with E-state index < -0.39 is 0 Å². The summed E-state index contributed by atoms with van der Waals surface area (Å²) in [5.74, 6) is -0.108. The number of aromatic nitrogens is 2. The molecule has 0 bridgehead atoms. The van der Waals surface area contributed by atoms with Gasteiger partial charge in [0, 0.05) is 22.0 Å². The van der Waals surface area contributed by atoms with E-state index in [1.807, 2.05) is 62.4 Å². The minimum absolute atomic E-state index is 0.108. The van der Waals surface area contributed by atoms with Crippen molar-refractivity contribution in [1.29, 1.82) is 0 Å². The standard InChI is InChI=1S/C19H16ClN3O/c1-11-7-9-13(10-8-11)23-18(14-5-3-4-6-15(14)20)16-12(2)21-22-17(16)19(23)24/h3-10,18H,1-2H3,(H,21,22)/t18-/m1/s1. The van der Waals surface area contributed by atoms with E-state index in [1.54, 1.807) is 4.90 Å². The second kappa shape index (κ2) is 5.49. The number of halogens is 1. The number of fused-ring (bicyclic) bond motifs is 1. The van der Waals surface area contributed by atoms with Crippen LogP contribution in [0.4, 0.5) is 5.69 Å². The third-order valence-electron chi connectivity index (χ3n) is 4.46. The van der Waals surface area contributed by atoms with Crippen LogP contribution in [-0.2, 0) is 0 Å². The molecule has 0 saturated heterocycles. The molecule has 5 heteroatoms. The third-order valence-corrected chi connectivity index (χ3v) is 4.80. The van der Waals surface area contributed by atoms with E-state index in [9.17, 15) is 4.79 Å². The van der Waals surface area contributed by atoms with Gasteiger partial charge in [0.1, 0.15) is 0 Å². The summed E-state index contributed by atoms with van der Waals surface area (Å²) in [7, 11) is 0. The SMILES string of the molecule is Cc1ccc(N2C(=O)c3n[nH]c(C)c3[C@H]2c2ccccc2Cl)cc1. The molecule has 1 aliphatic heterocycles. The van der Waals surface area contributed by atoms with Crippen LogP contribution in [-0.4, -0.2) is 16.1 Å². The molecule has 0 fully saturated rings. The van der Waals surface area contributed by atoms with E-state index in [0.717, 1.165) is 28.1 Å². The Morgan fingerprint density at radius 3 is 2.50 bits per heavy atom. The lowest BCUT2D eigenvalue weighted by Crippen LogP contribution is -2.29. The highest BCUT2D eigenvalue weighted by molar-refractivity contribution is 6.31. The summed E-state index contributed by atoms with van der Waals surface area (Å²) >= 11 is 6.45. The molecule has 0 aliphatic carbocycles. The summed E-state index contributed by atoms with van der Waals surface area (Å²) in [5.41, 5.74) is 5.14. The minimum Gasteiger partial charge on any atom is -0.295 e. The van der Waals surface area contributed by atoms with Gasteiger partial charge in [-0.25, -0.2) is 0 Å². The van der Waals surface area contributed by atoms with Gasteiger partial charge in [0.2, 0.25) is 0 Å². The Hall–Kier alpha value is -2.59. The molecule has 0 unspecified atom stereocenters. The molecule has 0 saturated carbocycles. The average Bonchev–Trinajstić information content (AvgIpc) is 3.08. The number of nitrogens with zero attached hydrogens (tertiary/aromatic N) is 2. The van der Waals surface area contributed by atoms with Crippen LogP contribution < -0.4 is 4.90 Å². The first-order valence-corrected chi connectivity index (χ1v) is 8.15. The summed E-state index contributed by atoms with van der Waals surface area (Å²) in [6.45, 7) is 3.96. The van der Waals surface area contributed by atoms with Gasteiger partial charge in [-0.05, 0) is 37.6 Å². The van der Waals surface area contributed by atoms with Gasteiger partial charge in [-0.15, -0.1) is 0 Å². The summed E-state index contributed by atoms with van der Waals surface area (Å²) in [4.78, 5) is 14.8. The van der Waals surface area contributed by atoms with E-state index in [-0.39, 0.29) is 11.9 Å². The predicted molar refractivity (Wildman–Crippen MR) is 94.6 cm³/mol. The molecule has 1 N–H and O–H groups in total.